The minimum absolute atomic E-state index is 0.159. The van der Waals surface area contributed by atoms with E-state index in [1.54, 1.807) is 24.3 Å². The van der Waals surface area contributed by atoms with Crippen LogP contribution in [0.4, 0.5) is 0 Å². The van der Waals surface area contributed by atoms with Gasteiger partial charge in [0, 0.05) is 6.54 Å². The zero-order chi connectivity index (χ0) is 23.6. The largest absolute Gasteiger partial charge is 0.494 e. The molecule has 0 fully saturated rings. The van der Waals surface area contributed by atoms with Crippen LogP contribution in [0.2, 0.25) is 0 Å². The van der Waals surface area contributed by atoms with Crippen molar-refractivity contribution in [1.82, 2.24) is 4.90 Å². The second-order valence-corrected chi connectivity index (χ2v) is 8.52. The zero-order valence-corrected chi connectivity index (χ0v) is 19.4. The van der Waals surface area contributed by atoms with Gasteiger partial charge in [0.2, 0.25) is 0 Å². The Morgan fingerprint density at radius 2 is 1.09 bits per heavy atom. The third-order valence-corrected chi connectivity index (χ3v) is 6.00. The number of hydrogen-bond donors (Lipinski definition) is 0. The van der Waals surface area contributed by atoms with Crippen molar-refractivity contribution < 1.29 is 19.1 Å². The highest BCUT2D eigenvalue weighted by atomic mass is 16.5. The van der Waals surface area contributed by atoms with Crippen molar-refractivity contribution in [3.63, 3.8) is 0 Å². The number of unbranched alkanes of at least 4 members (excludes halogenated alkanes) is 5. The van der Waals surface area contributed by atoms with Crippen LogP contribution in [0.3, 0.4) is 0 Å². The van der Waals surface area contributed by atoms with E-state index in [1.165, 1.54) is 4.90 Å². The van der Waals surface area contributed by atoms with Crippen molar-refractivity contribution in [2.24, 2.45) is 0 Å². The quantitative estimate of drug-likeness (QED) is 0.224. The van der Waals surface area contributed by atoms with Gasteiger partial charge in [-0.25, -0.2) is 0 Å². The molecular formula is C29H31NO4. The molecule has 0 bridgehead atoms. The van der Waals surface area contributed by atoms with E-state index in [4.69, 9.17) is 9.47 Å². The molecule has 0 unspecified atom stereocenters. The van der Waals surface area contributed by atoms with E-state index in [-0.39, 0.29) is 11.8 Å². The molecule has 0 aromatic heterocycles. The van der Waals surface area contributed by atoms with Crippen molar-refractivity contribution in [2.75, 3.05) is 13.2 Å². The van der Waals surface area contributed by atoms with Gasteiger partial charge in [-0.3, -0.25) is 14.5 Å². The van der Waals surface area contributed by atoms with Crippen LogP contribution in [-0.4, -0.2) is 29.9 Å². The molecule has 1 aliphatic rings. The van der Waals surface area contributed by atoms with Crippen LogP contribution < -0.4 is 9.47 Å². The second-order valence-electron chi connectivity index (χ2n) is 8.52. The number of carbonyl (C=O) groups is 2. The first-order valence-electron chi connectivity index (χ1n) is 12.1. The van der Waals surface area contributed by atoms with Gasteiger partial charge in [-0.05, 0) is 54.8 Å². The van der Waals surface area contributed by atoms with Gasteiger partial charge in [0.1, 0.15) is 18.1 Å². The topological polar surface area (TPSA) is 55.8 Å². The highest BCUT2D eigenvalue weighted by molar-refractivity contribution is 6.21. The molecule has 0 N–H and O–H groups in total. The summed E-state index contributed by atoms with van der Waals surface area (Å²) in [4.78, 5) is 26.1. The summed E-state index contributed by atoms with van der Waals surface area (Å²) in [6.07, 6.45) is 6.18. The smallest absolute Gasteiger partial charge is 0.261 e. The van der Waals surface area contributed by atoms with Crippen molar-refractivity contribution in [3.05, 3.63) is 95.6 Å². The van der Waals surface area contributed by atoms with Crippen LogP contribution in [-0.2, 0) is 6.61 Å². The fourth-order valence-electron chi connectivity index (χ4n) is 4.08. The van der Waals surface area contributed by atoms with Gasteiger partial charge in [-0.15, -0.1) is 0 Å². The molecule has 0 saturated carbocycles. The van der Waals surface area contributed by atoms with Crippen molar-refractivity contribution in [2.45, 2.75) is 45.1 Å². The average Bonchev–Trinajstić information content (AvgIpc) is 3.12. The second kappa shape index (κ2) is 12.0. The minimum Gasteiger partial charge on any atom is -0.494 e. The Kier molecular flexibility index (Phi) is 8.33. The predicted octanol–water partition coefficient (Wildman–Crippen LogP) is 6.28. The summed E-state index contributed by atoms with van der Waals surface area (Å²) >= 11 is 0. The van der Waals surface area contributed by atoms with Gasteiger partial charge in [0.25, 0.3) is 11.8 Å². The summed E-state index contributed by atoms with van der Waals surface area (Å²) in [5.41, 5.74) is 2.20. The first-order chi connectivity index (χ1) is 16.7. The molecule has 176 valence electrons. The Bertz CT molecular complexity index is 1040. The van der Waals surface area contributed by atoms with E-state index in [9.17, 15) is 9.59 Å². The molecular weight excluding hydrogens is 426 g/mol. The fraction of sp³-hybridized carbons (Fsp3) is 0.310. The summed E-state index contributed by atoms with van der Waals surface area (Å²) in [5, 5.41) is 0. The number of imide groups is 1. The normalized spacial score (nSPS) is 12.6. The number of rotatable bonds is 13. The SMILES string of the molecule is O=C1c2ccccc2C(=O)N1CCCCCCCCOc1ccc(OCc2ccccc2)cc1. The Labute approximate surface area is 201 Å². The number of carbonyl (C=O) groups excluding carboxylic acids is 2. The lowest BCUT2D eigenvalue weighted by Gasteiger charge is -2.13. The first kappa shape index (κ1) is 23.6. The molecule has 34 heavy (non-hydrogen) atoms. The maximum Gasteiger partial charge on any atom is 0.261 e. The molecule has 0 aliphatic carbocycles. The molecule has 0 radical (unpaired) electrons. The fourth-order valence-corrected chi connectivity index (χ4v) is 4.08. The highest BCUT2D eigenvalue weighted by Gasteiger charge is 2.34. The number of amides is 2. The molecule has 0 atom stereocenters. The molecule has 5 nitrogen and oxygen atoms in total. The maximum absolute atomic E-state index is 12.4. The summed E-state index contributed by atoms with van der Waals surface area (Å²) in [7, 11) is 0. The Balaban J connectivity index is 1.03. The average molecular weight is 458 g/mol. The van der Waals surface area contributed by atoms with Gasteiger partial charge >= 0.3 is 0 Å². The first-order valence-corrected chi connectivity index (χ1v) is 12.1. The van der Waals surface area contributed by atoms with E-state index in [1.807, 2.05) is 54.6 Å². The van der Waals surface area contributed by atoms with Crippen LogP contribution in [0, 0.1) is 0 Å². The monoisotopic (exact) mass is 457 g/mol. The van der Waals surface area contributed by atoms with Crippen molar-refractivity contribution >= 4 is 11.8 Å². The molecule has 0 spiro atoms. The number of hydrogen-bond acceptors (Lipinski definition) is 4. The van der Waals surface area contributed by atoms with E-state index >= 15 is 0 Å². The number of ether oxygens (including phenoxy) is 2. The molecule has 4 rings (SSSR count). The minimum atomic E-state index is -0.159. The van der Waals surface area contributed by atoms with Crippen LogP contribution in [0.25, 0.3) is 0 Å². The van der Waals surface area contributed by atoms with Gasteiger partial charge in [-0.1, -0.05) is 68.1 Å². The third-order valence-electron chi connectivity index (χ3n) is 6.00. The molecule has 0 saturated heterocycles. The highest BCUT2D eigenvalue weighted by Crippen LogP contribution is 2.23. The van der Waals surface area contributed by atoms with E-state index < -0.39 is 0 Å². The summed E-state index contributed by atoms with van der Waals surface area (Å²) in [6.45, 7) is 1.75. The molecule has 3 aromatic rings. The lowest BCUT2D eigenvalue weighted by atomic mass is 10.1. The van der Waals surface area contributed by atoms with Crippen LogP contribution >= 0.6 is 0 Å². The lowest BCUT2D eigenvalue weighted by molar-refractivity contribution is 0.0651. The summed E-state index contributed by atoms with van der Waals surface area (Å²) < 4.78 is 11.6. The van der Waals surface area contributed by atoms with Crippen LogP contribution in [0.5, 0.6) is 11.5 Å². The van der Waals surface area contributed by atoms with E-state index in [2.05, 4.69) is 0 Å². The maximum atomic E-state index is 12.4. The van der Waals surface area contributed by atoms with E-state index in [0.717, 1.165) is 55.6 Å². The summed E-state index contributed by atoms with van der Waals surface area (Å²) in [5.74, 6) is 1.37. The third kappa shape index (κ3) is 6.25. The lowest BCUT2D eigenvalue weighted by Crippen LogP contribution is -2.30. The van der Waals surface area contributed by atoms with Gasteiger partial charge in [0.15, 0.2) is 0 Å². The Morgan fingerprint density at radius 1 is 0.559 bits per heavy atom. The summed E-state index contributed by atoms with van der Waals surface area (Å²) in [6, 6.07) is 24.9. The Morgan fingerprint density at radius 3 is 1.74 bits per heavy atom. The standard InChI is InChI=1S/C29H31NO4/c31-28-26-14-8-9-15-27(26)29(32)30(28)20-10-3-1-2-4-11-21-33-24-16-18-25(19-17-24)34-22-23-12-6-5-7-13-23/h5-9,12-19H,1-4,10-11,20-22H2. The van der Waals surface area contributed by atoms with Crippen LogP contribution in [0.1, 0.15) is 64.8 Å². The molecule has 3 aromatic carbocycles. The number of benzene rings is 3. The number of fused-ring (bicyclic) bond motifs is 1. The molecule has 1 aliphatic heterocycles. The molecule has 5 heteroatoms. The zero-order valence-electron chi connectivity index (χ0n) is 19.4. The van der Waals surface area contributed by atoms with Crippen molar-refractivity contribution in [3.8, 4) is 11.5 Å². The number of nitrogens with zero attached hydrogens (tertiary/aromatic N) is 1. The predicted molar refractivity (Wildman–Crippen MR) is 132 cm³/mol. The molecule has 1 heterocycles. The Hall–Kier alpha value is -3.60. The van der Waals surface area contributed by atoms with Gasteiger partial charge in [-0.2, -0.15) is 0 Å². The van der Waals surface area contributed by atoms with E-state index in [0.29, 0.717) is 30.9 Å². The van der Waals surface area contributed by atoms with Gasteiger partial charge in [0.05, 0.1) is 17.7 Å². The van der Waals surface area contributed by atoms with Crippen molar-refractivity contribution in [1.29, 1.82) is 0 Å². The van der Waals surface area contributed by atoms with Crippen LogP contribution in [0.15, 0.2) is 78.9 Å². The van der Waals surface area contributed by atoms with Gasteiger partial charge < -0.3 is 9.47 Å². The molecule has 2 amide bonds.